The fraction of sp³-hybridized carbons (Fsp3) is 0.643. The van der Waals surface area contributed by atoms with E-state index in [0.717, 1.165) is 47.5 Å². The Hall–Kier alpha value is -1.98. The number of aryl methyl sites for hydroxylation is 1. The van der Waals surface area contributed by atoms with E-state index in [4.69, 9.17) is 14.2 Å². The molecule has 1 saturated heterocycles. The Balaban J connectivity index is 1.55. The van der Waals surface area contributed by atoms with Crippen molar-refractivity contribution in [1.82, 2.24) is 0 Å². The lowest BCUT2D eigenvalue weighted by molar-refractivity contribution is -0.285. The molecular formula is C28H40O5. The number of aliphatic hydroxyl groups is 1. The number of allylic oxidation sites excluding steroid dienone is 3. The minimum atomic E-state index is -1.25. The summed E-state index contributed by atoms with van der Waals surface area (Å²) in [7, 11) is 1.63. The highest BCUT2D eigenvalue weighted by molar-refractivity contribution is 5.46. The molecule has 1 aromatic rings. The number of phenols is 1. The molecule has 4 rings (SSSR count). The fourth-order valence-corrected chi connectivity index (χ4v) is 5.90. The first-order valence-electron chi connectivity index (χ1n) is 12.2. The van der Waals surface area contributed by atoms with Crippen LogP contribution in [0.3, 0.4) is 0 Å². The summed E-state index contributed by atoms with van der Waals surface area (Å²) in [6, 6.07) is 3.71. The van der Waals surface area contributed by atoms with Gasteiger partial charge < -0.3 is 24.4 Å². The first kappa shape index (κ1) is 24.2. The molecule has 2 N–H and O–H groups in total. The maximum Gasteiger partial charge on any atom is 0.216 e. The van der Waals surface area contributed by atoms with Crippen LogP contribution in [-0.2, 0) is 15.9 Å². The average molecular weight is 457 g/mol. The Labute approximate surface area is 198 Å². The van der Waals surface area contributed by atoms with Gasteiger partial charge in [-0.25, -0.2) is 0 Å². The molecule has 182 valence electrons. The summed E-state index contributed by atoms with van der Waals surface area (Å²) in [6.07, 6.45) is 9.20. The summed E-state index contributed by atoms with van der Waals surface area (Å²) in [6.45, 7) is 12.5. The maximum absolute atomic E-state index is 11.9. The van der Waals surface area contributed by atoms with E-state index in [1.54, 1.807) is 7.11 Å². The van der Waals surface area contributed by atoms with Crippen molar-refractivity contribution < 1.29 is 24.4 Å². The van der Waals surface area contributed by atoms with Crippen LogP contribution in [0, 0.1) is 17.8 Å². The van der Waals surface area contributed by atoms with Crippen LogP contribution in [0.25, 0.3) is 0 Å². The summed E-state index contributed by atoms with van der Waals surface area (Å²) < 4.78 is 17.6. The number of aromatic hydroxyl groups is 1. The Morgan fingerprint density at radius 2 is 1.91 bits per heavy atom. The van der Waals surface area contributed by atoms with E-state index >= 15 is 0 Å². The van der Waals surface area contributed by atoms with Crippen molar-refractivity contribution in [2.75, 3.05) is 7.11 Å². The molecule has 2 aliphatic heterocycles. The predicted octanol–water partition coefficient (Wildman–Crippen LogP) is 5.95. The summed E-state index contributed by atoms with van der Waals surface area (Å²) in [5.41, 5.74) is 2.13. The summed E-state index contributed by atoms with van der Waals surface area (Å²) in [5, 5.41) is 22.4. The van der Waals surface area contributed by atoms with E-state index < -0.39 is 5.79 Å². The van der Waals surface area contributed by atoms with Gasteiger partial charge in [0, 0.05) is 29.2 Å². The third-order valence-corrected chi connectivity index (χ3v) is 8.61. The van der Waals surface area contributed by atoms with Gasteiger partial charge in [-0.15, -0.1) is 0 Å². The third kappa shape index (κ3) is 4.19. The number of rotatable bonds is 7. The number of hydrogen-bond acceptors (Lipinski definition) is 5. The topological polar surface area (TPSA) is 71.5 Å². The number of phenolic OH excluding ortho intramolecular Hbond substituents is 1. The second kappa shape index (κ2) is 8.06. The van der Waals surface area contributed by atoms with Crippen LogP contribution in [0.5, 0.6) is 11.5 Å². The molecule has 0 amide bonds. The van der Waals surface area contributed by atoms with Gasteiger partial charge in [-0.1, -0.05) is 31.9 Å². The molecule has 0 unspecified atom stereocenters. The summed E-state index contributed by atoms with van der Waals surface area (Å²) in [4.78, 5) is 0. The van der Waals surface area contributed by atoms with Crippen molar-refractivity contribution in [1.29, 1.82) is 0 Å². The molecule has 5 heteroatoms. The molecule has 4 atom stereocenters. The van der Waals surface area contributed by atoms with Gasteiger partial charge >= 0.3 is 0 Å². The quantitative estimate of drug-likeness (QED) is 0.392. The molecular weight excluding hydrogens is 416 g/mol. The largest absolute Gasteiger partial charge is 0.507 e. The second-order valence-electron chi connectivity index (χ2n) is 11.4. The molecule has 2 heterocycles. The highest BCUT2D eigenvalue weighted by Gasteiger charge is 2.66. The van der Waals surface area contributed by atoms with E-state index in [9.17, 15) is 10.2 Å². The first-order chi connectivity index (χ1) is 15.3. The molecule has 5 nitrogen and oxygen atoms in total. The van der Waals surface area contributed by atoms with Gasteiger partial charge in [0.25, 0.3) is 0 Å². The van der Waals surface area contributed by atoms with Crippen LogP contribution in [0.1, 0.15) is 77.8 Å². The second-order valence-corrected chi connectivity index (χ2v) is 11.4. The van der Waals surface area contributed by atoms with Crippen molar-refractivity contribution in [3.8, 4) is 11.5 Å². The van der Waals surface area contributed by atoms with Gasteiger partial charge in [0.1, 0.15) is 17.3 Å². The summed E-state index contributed by atoms with van der Waals surface area (Å²) >= 11 is 0. The maximum atomic E-state index is 11.9. The smallest absolute Gasteiger partial charge is 0.216 e. The predicted molar refractivity (Wildman–Crippen MR) is 129 cm³/mol. The van der Waals surface area contributed by atoms with Crippen LogP contribution in [-0.4, -0.2) is 34.8 Å². The molecule has 0 aromatic heterocycles. The van der Waals surface area contributed by atoms with Crippen molar-refractivity contribution in [3.63, 3.8) is 0 Å². The molecule has 33 heavy (non-hydrogen) atoms. The van der Waals surface area contributed by atoms with Crippen LogP contribution < -0.4 is 4.74 Å². The van der Waals surface area contributed by atoms with Crippen LogP contribution in [0.15, 0.2) is 35.6 Å². The molecule has 1 saturated carbocycles. The number of fused-ring (bicyclic) bond motifs is 1. The minimum absolute atomic E-state index is 0.0134. The lowest BCUT2D eigenvalue weighted by Gasteiger charge is -2.54. The molecule has 1 aliphatic carbocycles. The normalized spacial score (nSPS) is 35.0. The Morgan fingerprint density at radius 3 is 2.55 bits per heavy atom. The average Bonchev–Trinajstić information content (AvgIpc) is 3.17. The lowest BCUT2D eigenvalue weighted by Crippen LogP contribution is -2.57. The van der Waals surface area contributed by atoms with Crippen molar-refractivity contribution in [3.05, 3.63) is 46.7 Å². The standard InChI is InChI=1S/C28H40O5/c1-18(9-10-20-15-21(31-7)14-19(2)24(20)29)13-22-16-26(5)11-8-12-27(26,6)28(30,32-22)17-23-25(3,4)33-23/h9,14-16,23,29-30H,8,10-13,17H2,1-7H3/b18-9+/t23-,26-,27-,28-/m1/s1. The zero-order chi connectivity index (χ0) is 24.2. The molecule has 2 fully saturated rings. The Bertz CT molecular complexity index is 992. The zero-order valence-electron chi connectivity index (χ0n) is 21.2. The van der Waals surface area contributed by atoms with Gasteiger partial charge in [0.05, 0.1) is 18.8 Å². The van der Waals surface area contributed by atoms with Gasteiger partial charge in [0.15, 0.2) is 0 Å². The fourth-order valence-electron chi connectivity index (χ4n) is 5.90. The van der Waals surface area contributed by atoms with E-state index in [1.165, 1.54) is 0 Å². The Kier molecular flexibility index (Phi) is 5.90. The minimum Gasteiger partial charge on any atom is -0.507 e. The van der Waals surface area contributed by atoms with Gasteiger partial charge in [0.2, 0.25) is 5.79 Å². The molecule has 0 spiro atoms. The Morgan fingerprint density at radius 1 is 1.21 bits per heavy atom. The molecule has 0 bridgehead atoms. The van der Waals surface area contributed by atoms with Gasteiger partial charge in [-0.3, -0.25) is 0 Å². The molecule has 0 radical (unpaired) electrons. The van der Waals surface area contributed by atoms with E-state index in [1.807, 2.05) is 19.1 Å². The van der Waals surface area contributed by atoms with E-state index in [-0.39, 0.29) is 22.5 Å². The molecule has 1 aromatic carbocycles. The van der Waals surface area contributed by atoms with Gasteiger partial charge in [-0.05, 0) is 70.7 Å². The molecule has 3 aliphatic rings. The number of benzene rings is 1. The van der Waals surface area contributed by atoms with E-state index in [0.29, 0.717) is 25.0 Å². The van der Waals surface area contributed by atoms with Crippen LogP contribution >= 0.6 is 0 Å². The lowest BCUT2D eigenvalue weighted by atomic mass is 9.60. The number of ether oxygens (including phenoxy) is 3. The number of methoxy groups -OCH3 is 1. The number of hydrogen-bond donors (Lipinski definition) is 2. The third-order valence-electron chi connectivity index (χ3n) is 8.61. The first-order valence-corrected chi connectivity index (χ1v) is 12.2. The summed E-state index contributed by atoms with van der Waals surface area (Å²) in [5.74, 6) is 0.637. The van der Waals surface area contributed by atoms with Crippen molar-refractivity contribution in [2.45, 2.75) is 97.6 Å². The highest BCUT2D eigenvalue weighted by atomic mass is 16.6. The van der Waals surface area contributed by atoms with Crippen LogP contribution in [0.4, 0.5) is 0 Å². The SMILES string of the molecule is COc1cc(C)c(O)c(C/C=C(\C)CC2=C[C@@]3(C)CCC[C@@]3(C)[C@@](O)(C[C@H]3OC3(C)C)O2)c1. The van der Waals surface area contributed by atoms with Gasteiger partial charge in [-0.2, -0.15) is 0 Å². The van der Waals surface area contributed by atoms with Crippen molar-refractivity contribution in [2.24, 2.45) is 10.8 Å². The highest BCUT2D eigenvalue weighted by Crippen LogP contribution is 2.64. The van der Waals surface area contributed by atoms with Crippen molar-refractivity contribution >= 4 is 0 Å². The monoisotopic (exact) mass is 456 g/mol. The zero-order valence-corrected chi connectivity index (χ0v) is 21.2. The number of epoxide rings is 1. The van der Waals surface area contributed by atoms with Crippen LogP contribution in [0.2, 0.25) is 0 Å². The van der Waals surface area contributed by atoms with E-state index in [2.05, 4.69) is 46.8 Å².